The van der Waals surface area contributed by atoms with E-state index in [-0.39, 0.29) is 200 Å². The molecule has 0 aromatic rings. The second-order valence-electron chi connectivity index (χ2n) is 2.75. The first-order valence-corrected chi connectivity index (χ1v) is 27.8. The Morgan fingerprint density at radius 1 is 0.173 bits per heavy atom. The third-order valence-electron chi connectivity index (χ3n) is 0. The maximum atomic E-state index is 8.58. The van der Waals surface area contributed by atoms with Crippen LogP contribution in [0.15, 0.2) is 0 Å². The largest absolute Gasteiger partial charge is 2.00 e. The van der Waals surface area contributed by atoms with Crippen molar-refractivity contribution in [2.45, 2.75) is 0 Å². The van der Waals surface area contributed by atoms with Gasteiger partial charge < -0.3 is 0 Å². The molecule has 0 saturated heterocycles. The molecule has 52 heavy (non-hydrogen) atoms. The summed E-state index contributed by atoms with van der Waals surface area (Å²) in [4.78, 5) is 0. The Bertz CT molecular complexity index is 561. The predicted octanol–water partition coefficient (Wildman–Crippen LogP) is -29.8. The summed E-state index contributed by atoms with van der Waals surface area (Å²) < 4.78 is 283. The summed E-state index contributed by atoms with van der Waals surface area (Å²) in [6.07, 6.45) is 0. The molecule has 0 atom stereocenters. The van der Waals surface area contributed by atoms with Crippen LogP contribution in [0.3, 0.4) is 0 Å². The summed E-state index contributed by atoms with van der Waals surface area (Å²) in [5.41, 5.74) is 0. The maximum Gasteiger partial charge on any atom is 2.00 e. The zero-order valence-electron chi connectivity index (χ0n) is 23.3. The SMILES string of the molecule is [Mg+2].[Mg+2].[Nb+5].[Nb+5].[O]=[Ti]([O-])[O-].[O]=[Ti]([O-])[O-].[O]=[Ti]([O-])[O-].[O]=[Ti]([O-])[O-].[O]=[Ti]([O-])[O-].[O]=[Ti]([O-])[O-].[O]=[Ti]([O-])[O-].[O]=[Ti]([O-])[O-].[O]=[Ti]([O-])[O-].[O]=[Ti]([O-])[O-].[O]=[Ti]([O-])[O-].[Pb+2].[Pb+2].[Pb+2].[Pb+2]. The predicted molar refractivity (Wildman–Crippen MR) is 42.1 cm³/mol. The fourth-order valence-electron chi connectivity index (χ4n) is 0. The van der Waals surface area contributed by atoms with Gasteiger partial charge in [0.25, 0.3) is 0 Å². The van der Waals surface area contributed by atoms with Gasteiger partial charge in [0.05, 0.1) is 0 Å². The van der Waals surface area contributed by atoms with Crippen molar-refractivity contribution < 1.29 is 367 Å². The first-order chi connectivity index (χ1) is 19.1. The summed E-state index contributed by atoms with van der Waals surface area (Å²) >= 11 is -44.9. The van der Waals surface area contributed by atoms with E-state index in [0.717, 1.165) is 0 Å². The van der Waals surface area contributed by atoms with Gasteiger partial charge in [0.1, 0.15) is 0 Å². The topological polar surface area (TPSA) is 695 Å². The van der Waals surface area contributed by atoms with Gasteiger partial charge in [-0.3, -0.25) is 0 Å². The average Bonchev–Trinajstić information content (AvgIpc) is 2.55. The molecular weight excluding hydrogens is 2120 g/mol. The van der Waals surface area contributed by atoms with Gasteiger partial charge in [0, 0.05) is 0 Å². The van der Waals surface area contributed by atoms with Crippen molar-refractivity contribution in [3.63, 3.8) is 0 Å². The van der Waals surface area contributed by atoms with Crippen LogP contribution in [0.2, 0.25) is 0 Å². The molecule has 0 fully saturated rings. The van der Waals surface area contributed by atoms with Crippen LogP contribution < -0.4 is 81.1 Å². The maximum absolute atomic E-state index is 8.58. The fourth-order valence-corrected chi connectivity index (χ4v) is 0. The van der Waals surface area contributed by atoms with Crippen LogP contribution in [0.25, 0.3) is 0 Å². The van der Waals surface area contributed by atoms with Gasteiger partial charge in [-0.25, -0.2) is 0 Å². The zero-order valence-corrected chi connectivity index (χ0v) is 63.2. The van der Waals surface area contributed by atoms with Crippen LogP contribution in [0.1, 0.15) is 0 Å². The normalized spacial score (nSPS) is 5.50. The number of rotatable bonds is 0. The molecule has 0 heterocycles. The van der Waals surface area contributed by atoms with Crippen LogP contribution in [0.4, 0.5) is 0 Å². The Morgan fingerprint density at radius 3 is 0.173 bits per heavy atom. The van der Waals surface area contributed by atoms with Crippen LogP contribution in [-0.4, -0.2) is 155 Å². The second-order valence-corrected chi connectivity index (χ2v) is 11.3. The summed E-state index contributed by atoms with van der Waals surface area (Å²) in [6.45, 7) is 0. The molecule has 0 amide bonds. The molecule has 0 aromatic carbocycles. The first-order valence-electron chi connectivity index (χ1n) is 6.74. The molecule has 0 spiro atoms. The Balaban J connectivity index is -0.0000000133. The Kier molecular flexibility index (Phi) is 288. The van der Waals surface area contributed by atoms with E-state index in [0.29, 0.717) is 0 Å². The van der Waals surface area contributed by atoms with Gasteiger partial charge in [-0.1, -0.05) is 0 Å². The minimum Gasteiger partial charge on any atom is 2.00 e. The van der Waals surface area contributed by atoms with Crippen LogP contribution in [-0.2, 0) is 286 Å². The standard InChI is InChI=1S/2Mg.2Nb.33O.4Pb.11Ti/q2*+2;2*+5;;;;;;;;;;;;22*-1;4*+2;;;;;;;;;;;. The van der Waals surface area contributed by atoms with Crippen LogP contribution >= 0.6 is 0 Å². The molecule has 0 N–H and O–H groups in total. The third kappa shape index (κ3) is 1710. The van der Waals surface area contributed by atoms with Gasteiger partial charge in [-0.15, -0.1) is 0 Å². The van der Waals surface area contributed by atoms with Crippen molar-refractivity contribution >= 4 is 155 Å². The van der Waals surface area contributed by atoms with Crippen molar-refractivity contribution in [1.29, 1.82) is 0 Å². The monoisotopic (exact) mass is 2120 g/mol. The summed E-state index contributed by atoms with van der Waals surface area (Å²) in [5, 5.41) is 0. The molecule has 0 aliphatic heterocycles. The van der Waals surface area contributed by atoms with E-state index in [2.05, 4.69) is 0 Å². The van der Waals surface area contributed by atoms with Gasteiger partial charge in [-0.05, 0) is 0 Å². The average molecular weight is 2120 g/mol. The first kappa shape index (κ1) is 125. The van der Waals surface area contributed by atoms with Crippen molar-refractivity contribution in [3.8, 4) is 0 Å². The molecule has 33 nitrogen and oxygen atoms in total. The molecule has 0 unspecified atom stereocenters. The molecule has 0 aliphatic rings. The summed E-state index contributed by atoms with van der Waals surface area (Å²) in [5.74, 6) is 0. The fraction of sp³-hybridized carbons (Fsp3) is 0. The van der Waals surface area contributed by atoms with Crippen molar-refractivity contribution in [1.82, 2.24) is 0 Å². The third-order valence-corrected chi connectivity index (χ3v) is 0. The zero-order chi connectivity index (χ0) is 39.4. The molecule has 0 rings (SSSR count). The second kappa shape index (κ2) is 119. The number of hydrogen-bond donors (Lipinski definition) is 0. The van der Waals surface area contributed by atoms with E-state index in [1.807, 2.05) is 0 Å². The van der Waals surface area contributed by atoms with Crippen LogP contribution in [0.5, 0.6) is 0 Å². The molecule has 0 bridgehead atoms. The van der Waals surface area contributed by atoms with E-state index in [4.69, 9.17) is 118 Å². The molecule has 0 saturated carbocycles. The van der Waals surface area contributed by atoms with E-state index in [1.54, 1.807) is 0 Å². The molecule has 0 aromatic heterocycles. The Hall–Kier alpha value is 11.5. The quantitative estimate of drug-likeness (QED) is 0.203. The van der Waals surface area contributed by atoms with Crippen molar-refractivity contribution in [3.05, 3.63) is 0 Å². The minimum atomic E-state index is -4.08. The number of hydrogen-bond acceptors (Lipinski definition) is 33. The van der Waals surface area contributed by atoms with E-state index in [9.17, 15) is 0 Å². The molecule has 0 aliphatic carbocycles. The summed E-state index contributed by atoms with van der Waals surface area (Å²) in [6, 6.07) is 0. The minimum absolute atomic E-state index is 0. The molecule has 52 heteroatoms. The molecule has 272 valence electrons. The van der Waals surface area contributed by atoms with E-state index >= 15 is 0 Å². The Morgan fingerprint density at radius 2 is 0.173 bits per heavy atom. The van der Waals surface area contributed by atoms with E-state index in [1.165, 1.54) is 0 Å². The van der Waals surface area contributed by atoms with Crippen molar-refractivity contribution in [2.75, 3.05) is 0 Å². The van der Waals surface area contributed by atoms with Crippen molar-refractivity contribution in [2.24, 2.45) is 0 Å². The van der Waals surface area contributed by atoms with Crippen LogP contribution in [0, 0.1) is 0 Å². The smallest absolute Gasteiger partial charge is 2.00 e. The molecular formula is Mg2Nb2O33Pb4Ti11. The van der Waals surface area contributed by atoms with Gasteiger partial charge in [-0.2, -0.15) is 0 Å². The van der Waals surface area contributed by atoms with E-state index < -0.39 is 205 Å². The van der Waals surface area contributed by atoms with Gasteiger partial charge >= 0.3 is 523 Å². The van der Waals surface area contributed by atoms with Gasteiger partial charge in [0.15, 0.2) is 0 Å². The Labute approximate surface area is 509 Å². The summed E-state index contributed by atoms with van der Waals surface area (Å²) in [7, 11) is 0. The molecule has 8 radical (unpaired) electrons. The van der Waals surface area contributed by atoms with Gasteiger partial charge in [0.2, 0.25) is 0 Å².